The fraction of sp³-hybridized carbons (Fsp3) is 0.316. The van der Waals surface area contributed by atoms with E-state index in [0.717, 1.165) is 40.1 Å². The minimum Gasteiger partial charge on any atom is -0.239 e. The predicted molar refractivity (Wildman–Crippen MR) is 101 cm³/mol. The second-order valence-corrected chi connectivity index (χ2v) is 9.41. The Bertz CT molecular complexity index is 961. The van der Waals surface area contributed by atoms with Gasteiger partial charge in [-0.3, -0.25) is 0 Å². The van der Waals surface area contributed by atoms with Crippen LogP contribution in [0.3, 0.4) is 0 Å². The van der Waals surface area contributed by atoms with Gasteiger partial charge in [0.05, 0.1) is 21.2 Å². The van der Waals surface area contributed by atoms with Crippen LogP contribution in [0.1, 0.15) is 35.9 Å². The van der Waals surface area contributed by atoms with Gasteiger partial charge < -0.3 is 0 Å². The molecule has 4 rings (SSSR count). The zero-order valence-corrected chi connectivity index (χ0v) is 15.7. The Morgan fingerprint density at radius 2 is 1.84 bits per heavy atom. The fourth-order valence-electron chi connectivity index (χ4n) is 3.32. The number of nitrogens with zero attached hydrogens (tertiary/aromatic N) is 2. The predicted octanol–water partition coefficient (Wildman–Crippen LogP) is 4.52. The van der Waals surface area contributed by atoms with E-state index >= 15 is 0 Å². The molecule has 0 aliphatic carbocycles. The summed E-state index contributed by atoms with van der Waals surface area (Å²) in [5.41, 5.74) is 2.00. The maximum absolute atomic E-state index is 13.2. The van der Waals surface area contributed by atoms with E-state index in [0.29, 0.717) is 11.4 Å². The smallest absolute Gasteiger partial charge is 0.239 e. The van der Waals surface area contributed by atoms with E-state index in [1.165, 1.54) is 0 Å². The first-order valence-electron chi connectivity index (χ1n) is 8.50. The van der Waals surface area contributed by atoms with Crippen molar-refractivity contribution in [2.24, 2.45) is 0 Å². The molecule has 1 aromatic heterocycles. The molecule has 1 atom stereocenters. The number of aromatic nitrogens is 1. The van der Waals surface area contributed by atoms with Gasteiger partial charge in [0.2, 0.25) is 10.0 Å². The van der Waals surface area contributed by atoms with Gasteiger partial charge in [0.1, 0.15) is 5.01 Å². The quantitative estimate of drug-likeness (QED) is 0.679. The molecule has 0 bridgehead atoms. The molecule has 1 saturated heterocycles. The first-order valence-corrected chi connectivity index (χ1v) is 10.8. The minimum absolute atomic E-state index is 0.169. The summed E-state index contributed by atoms with van der Waals surface area (Å²) in [5.74, 6) is 0. The fourth-order valence-corrected chi connectivity index (χ4v) is 6.16. The van der Waals surface area contributed by atoms with Crippen LogP contribution in [-0.2, 0) is 10.0 Å². The molecule has 1 fully saturated rings. The lowest BCUT2D eigenvalue weighted by Gasteiger charge is -2.33. The highest BCUT2D eigenvalue weighted by atomic mass is 32.2. The molecular formula is C19H20N2O2S2. The number of hydrogen-bond donors (Lipinski definition) is 0. The molecule has 3 aromatic rings. The van der Waals surface area contributed by atoms with Crippen LogP contribution >= 0.6 is 11.3 Å². The largest absolute Gasteiger partial charge is 0.243 e. The van der Waals surface area contributed by atoms with Gasteiger partial charge >= 0.3 is 0 Å². The molecule has 25 heavy (non-hydrogen) atoms. The Balaban J connectivity index is 1.74. The zero-order chi connectivity index (χ0) is 17.4. The summed E-state index contributed by atoms with van der Waals surface area (Å²) in [4.78, 5) is 5.09. The first-order chi connectivity index (χ1) is 12.1. The van der Waals surface area contributed by atoms with Gasteiger partial charge in [-0.15, -0.1) is 11.3 Å². The average Bonchev–Trinajstić information content (AvgIpc) is 3.06. The number of para-hydroxylation sites is 1. The van der Waals surface area contributed by atoms with Gasteiger partial charge in [0.25, 0.3) is 0 Å². The average molecular weight is 373 g/mol. The second-order valence-electron chi connectivity index (χ2n) is 6.46. The second kappa shape index (κ2) is 6.52. The number of thiazole rings is 1. The number of piperidine rings is 1. The van der Waals surface area contributed by atoms with Crippen LogP contribution in [0.5, 0.6) is 0 Å². The van der Waals surface area contributed by atoms with Crippen LogP contribution in [-0.4, -0.2) is 24.3 Å². The van der Waals surface area contributed by atoms with Crippen LogP contribution in [0, 0.1) is 6.92 Å². The Kier molecular flexibility index (Phi) is 4.35. The van der Waals surface area contributed by atoms with Crippen molar-refractivity contribution < 1.29 is 8.42 Å². The van der Waals surface area contributed by atoms with Gasteiger partial charge in [-0.1, -0.05) is 36.2 Å². The van der Waals surface area contributed by atoms with E-state index in [-0.39, 0.29) is 6.04 Å². The summed E-state index contributed by atoms with van der Waals surface area (Å²) in [6.45, 7) is 2.51. The molecule has 1 aliphatic rings. The molecule has 0 unspecified atom stereocenters. The van der Waals surface area contributed by atoms with Gasteiger partial charge in [-0.25, -0.2) is 13.4 Å². The molecular weight excluding hydrogens is 352 g/mol. The normalized spacial score (nSPS) is 19.3. The van der Waals surface area contributed by atoms with Crippen molar-refractivity contribution in [2.45, 2.75) is 37.1 Å². The molecule has 0 radical (unpaired) electrons. The number of hydrogen-bond acceptors (Lipinski definition) is 4. The Labute approximate surface area is 152 Å². The van der Waals surface area contributed by atoms with Crippen LogP contribution in [0.2, 0.25) is 0 Å². The van der Waals surface area contributed by atoms with Gasteiger partial charge in [-0.2, -0.15) is 4.31 Å². The standard InChI is InChI=1S/C19H20N2O2S2/c1-14-9-11-15(12-10-14)25(22,23)21-13-5-4-7-17(21)19-20-16-6-2-3-8-18(16)24-19/h2-3,6,8-12,17H,4-5,7,13H2,1H3/t17-/m1/s1. The summed E-state index contributed by atoms with van der Waals surface area (Å²) < 4.78 is 29.2. The topological polar surface area (TPSA) is 50.3 Å². The number of aryl methyl sites for hydroxylation is 1. The van der Waals surface area contributed by atoms with Crippen LogP contribution in [0.4, 0.5) is 0 Å². The molecule has 0 saturated carbocycles. The van der Waals surface area contributed by atoms with E-state index in [2.05, 4.69) is 0 Å². The third-order valence-corrected chi connectivity index (χ3v) is 7.74. The van der Waals surface area contributed by atoms with Crippen LogP contribution in [0.25, 0.3) is 10.2 Å². The highest BCUT2D eigenvalue weighted by Crippen LogP contribution is 2.38. The van der Waals surface area contributed by atoms with Gasteiger partial charge in [-0.05, 0) is 44.0 Å². The first kappa shape index (κ1) is 16.7. The van der Waals surface area contributed by atoms with Crippen molar-refractivity contribution in [2.75, 3.05) is 6.54 Å². The summed E-state index contributed by atoms with van der Waals surface area (Å²) in [6.07, 6.45) is 2.75. The lowest BCUT2D eigenvalue weighted by molar-refractivity contribution is 0.255. The molecule has 2 aromatic carbocycles. The van der Waals surface area contributed by atoms with Crippen LogP contribution in [0.15, 0.2) is 53.4 Å². The Hall–Kier alpha value is -1.76. The molecule has 1 aliphatic heterocycles. The van der Waals surface area contributed by atoms with E-state index in [1.54, 1.807) is 27.8 Å². The number of benzene rings is 2. The highest BCUT2D eigenvalue weighted by molar-refractivity contribution is 7.89. The van der Waals surface area contributed by atoms with Crippen molar-refractivity contribution in [3.05, 3.63) is 59.1 Å². The van der Waals surface area contributed by atoms with Gasteiger partial charge in [0, 0.05) is 6.54 Å². The number of rotatable bonds is 3. The van der Waals surface area contributed by atoms with Crippen molar-refractivity contribution in [1.82, 2.24) is 9.29 Å². The summed E-state index contributed by atoms with van der Waals surface area (Å²) in [7, 11) is -3.51. The lowest BCUT2D eigenvalue weighted by atomic mass is 10.1. The van der Waals surface area contributed by atoms with Crippen LogP contribution < -0.4 is 0 Å². The molecule has 6 heteroatoms. The molecule has 2 heterocycles. The highest BCUT2D eigenvalue weighted by Gasteiger charge is 2.36. The van der Waals surface area contributed by atoms with E-state index in [1.807, 2.05) is 43.3 Å². The maximum atomic E-state index is 13.2. The van der Waals surface area contributed by atoms with Gasteiger partial charge in [0.15, 0.2) is 0 Å². The van der Waals surface area contributed by atoms with Crippen molar-refractivity contribution >= 4 is 31.6 Å². The van der Waals surface area contributed by atoms with E-state index < -0.39 is 10.0 Å². The van der Waals surface area contributed by atoms with Crippen molar-refractivity contribution in [1.29, 1.82) is 0 Å². The van der Waals surface area contributed by atoms with Crippen molar-refractivity contribution in [3.8, 4) is 0 Å². The maximum Gasteiger partial charge on any atom is 0.243 e. The third kappa shape index (κ3) is 3.10. The lowest BCUT2D eigenvalue weighted by Crippen LogP contribution is -2.38. The Morgan fingerprint density at radius 3 is 2.60 bits per heavy atom. The summed E-state index contributed by atoms with van der Waals surface area (Å²) >= 11 is 1.60. The molecule has 0 amide bonds. The summed E-state index contributed by atoms with van der Waals surface area (Å²) in [5, 5.41) is 0.900. The SMILES string of the molecule is Cc1ccc(S(=O)(=O)N2CCCC[C@@H]2c2nc3ccccc3s2)cc1. The number of fused-ring (bicyclic) bond motifs is 1. The van der Waals surface area contributed by atoms with E-state index in [9.17, 15) is 8.42 Å². The monoisotopic (exact) mass is 372 g/mol. The Morgan fingerprint density at radius 1 is 1.08 bits per heavy atom. The summed E-state index contributed by atoms with van der Waals surface area (Å²) in [6, 6.07) is 14.9. The third-order valence-electron chi connectivity index (χ3n) is 4.68. The molecule has 0 spiro atoms. The number of sulfonamides is 1. The van der Waals surface area contributed by atoms with Crippen molar-refractivity contribution in [3.63, 3.8) is 0 Å². The molecule has 0 N–H and O–H groups in total. The minimum atomic E-state index is -3.51. The molecule has 130 valence electrons. The zero-order valence-electron chi connectivity index (χ0n) is 14.1. The van der Waals surface area contributed by atoms with E-state index in [4.69, 9.17) is 4.98 Å². The molecule has 4 nitrogen and oxygen atoms in total.